The van der Waals surface area contributed by atoms with E-state index in [9.17, 15) is 0 Å². The summed E-state index contributed by atoms with van der Waals surface area (Å²) in [4.78, 5) is 15.6. The summed E-state index contributed by atoms with van der Waals surface area (Å²) >= 11 is 0. The van der Waals surface area contributed by atoms with Gasteiger partial charge in [-0.3, -0.25) is 0 Å². The van der Waals surface area contributed by atoms with Gasteiger partial charge in [0.25, 0.3) is 0 Å². The molecule has 0 aliphatic rings. The van der Waals surface area contributed by atoms with Crippen LogP contribution < -0.4 is 0 Å². The molecule has 0 fully saturated rings. The zero-order chi connectivity index (χ0) is 38.4. The first-order valence-corrected chi connectivity index (χ1v) is 19.7. The van der Waals surface area contributed by atoms with Gasteiger partial charge >= 0.3 is 0 Å². The number of fused-ring (bicyclic) bond motifs is 4. The smallest absolute Gasteiger partial charge is 0.164 e. The van der Waals surface area contributed by atoms with Crippen molar-refractivity contribution in [1.82, 2.24) is 15.0 Å². The Morgan fingerprint density at radius 1 is 0.207 bits per heavy atom. The first-order valence-electron chi connectivity index (χ1n) is 19.7. The summed E-state index contributed by atoms with van der Waals surface area (Å²) in [5.74, 6) is 1.91. The predicted molar refractivity (Wildman–Crippen MR) is 242 cm³/mol. The molecule has 0 aliphatic carbocycles. The van der Waals surface area contributed by atoms with Crippen molar-refractivity contribution in [3.05, 3.63) is 212 Å². The molecule has 58 heavy (non-hydrogen) atoms. The van der Waals surface area contributed by atoms with E-state index in [0.717, 1.165) is 38.6 Å². The molecule has 0 N–H and O–H groups in total. The molecule has 0 saturated carbocycles. The average Bonchev–Trinajstić information content (AvgIpc) is 3.31. The van der Waals surface area contributed by atoms with Crippen LogP contribution in [-0.4, -0.2) is 15.0 Å². The first-order chi connectivity index (χ1) is 28.8. The third-order valence-corrected chi connectivity index (χ3v) is 11.3. The standard InChI is InChI=1S/C55H35N3/c1-3-18-36(19-4-1)40-25-9-16-32-49(40)54-56-53(38-21-5-2-6-22-38)57-55(58-54)50-35-34-48(41-26-10-11-27-42(41)50)52-46-30-14-12-28-44(46)51(45-29-13-15-31-47(45)52)43-33-17-23-37-20-7-8-24-39(37)43/h1-35H. The minimum atomic E-state index is 0.635. The van der Waals surface area contributed by atoms with Gasteiger partial charge in [0.2, 0.25) is 0 Å². The Morgan fingerprint density at radius 2 is 0.586 bits per heavy atom. The summed E-state index contributed by atoms with van der Waals surface area (Å²) in [7, 11) is 0. The zero-order valence-electron chi connectivity index (χ0n) is 31.5. The molecule has 0 unspecified atom stereocenters. The van der Waals surface area contributed by atoms with Gasteiger partial charge in [0, 0.05) is 16.7 Å². The lowest BCUT2D eigenvalue weighted by Crippen LogP contribution is -2.01. The van der Waals surface area contributed by atoms with Crippen LogP contribution in [0.25, 0.3) is 111 Å². The van der Waals surface area contributed by atoms with Crippen molar-refractivity contribution in [2.24, 2.45) is 0 Å². The van der Waals surface area contributed by atoms with Gasteiger partial charge in [0.05, 0.1) is 0 Å². The molecular weight excluding hydrogens is 703 g/mol. The second-order valence-corrected chi connectivity index (χ2v) is 14.7. The van der Waals surface area contributed by atoms with E-state index in [0.29, 0.717) is 17.5 Å². The Morgan fingerprint density at radius 3 is 1.21 bits per heavy atom. The maximum atomic E-state index is 5.29. The highest BCUT2D eigenvalue weighted by Crippen LogP contribution is 2.47. The Bertz CT molecular complexity index is 3270. The molecule has 270 valence electrons. The predicted octanol–water partition coefficient (Wildman–Crippen LogP) is 14.5. The number of nitrogens with zero attached hydrogens (tertiary/aromatic N) is 3. The quantitative estimate of drug-likeness (QED) is 0.160. The highest BCUT2D eigenvalue weighted by atomic mass is 15.0. The fourth-order valence-corrected chi connectivity index (χ4v) is 8.74. The van der Waals surface area contributed by atoms with Gasteiger partial charge in [-0.15, -0.1) is 0 Å². The maximum absolute atomic E-state index is 5.29. The van der Waals surface area contributed by atoms with Crippen molar-refractivity contribution in [2.45, 2.75) is 0 Å². The van der Waals surface area contributed by atoms with Gasteiger partial charge in [-0.2, -0.15) is 0 Å². The molecule has 0 amide bonds. The van der Waals surface area contributed by atoms with Crippen LogP contribution in [0.1, 0.15) is 0 Å². The Balaban J connectivity index is 1.16. The Kier molecular flexibility index (Phi) is 8.15. The van der Waals surface area contributed by atoms with E-state index in [2.05, 4.69) is 188 Å². The zero-order valence-corrected chi connectivity index (χ0v) is 31.5. The Hall–Kier alpha value is -7.75. The van der Waals surface area contributed by atoms with E-state index < -0.39 is 0 Å². The van der Waals surface area contributed by atoms with Crippen LogP contribution >= 0.6 is 0 Å². The molecule has 0 aliphatic heterocycles. The number of hydrogen-bond donors (Lipinski definition) is 0. The number of rotatable bonds is 6. The summed E-state index contributed by atoms with van der Waals surface area (Å²) in [6, 6.07) is 75.3. The van der Waals surface area contributed by atoms with Crippen molar-refractivity contribution in [2.75, 3.05) is 0 Å². The first kappa shape index (κ1) is 33.6. The van der Waals surface area contributed by atoms with Gasteiger partial charge < -0.3 is 0 Å². The SMILES string of the molecule is c1ccc(-c2nc(-c3ccccc3-c3ccccc3)nc(-c3ccc(-c4c5ccccc5c(-c5cccc6ccccc56)c5ccccc45)c4ccccc34)n2)cc1. The fraction of sp³-hybridized carbons (Fsp3) is 0. The number of benzene rings is 10. The lowest BCUT2D eigenvalue weighted by Gasteiger charge is -2.20. The minimum absolute atomic E-state index is 0.635. The third-order valence-electron chi connectivity index (χ3n) is 11.3. The summed E-state index contributed by atoms with van der Waals surface area (Å²) < 4.78 is 0. The molecule has 0 atom stereocenters. The van der Waals surface area contributed by atoms with Crippen molar-refractivity contribution >= 4 is 43.1 Å². The van der Waals surface area contributed by atoms with Gasteiger partial charge in [-0.1, -0.05) is 206 Å². The van der Waals surface area contributed by atoms with Crippen molar-refractivity contribution in [3.8, 4) is 67.5 Å². The third kappa shape index (κ3) is 5.64. The molecule has 3 heteroatoms. The monoisotopic (exact) mass is 737 g/mol. The molecule has 10 aromatic carbocycles. The second-order valence-electron chi connectivity index (χ2n) is 14.7. The van der Waals surface area contributed by atoms with Crippen LogP contribution in [-0.2, 0) is 0 Å². The summed E-state index contributed by atoms with van der Waals surface area (Å²) in [6.45, 7) is 0. The lowest BCUT2D eigenvalue weighted by molar-refractivity contribution is 1.08. The van der Waals surface area contributed by atoms with Crippen LogP contribution in [0.15, 0.2) is 212 Å². The molecule has 0 radical (unpaired) electrons. The minimum Gasteiger partial charge on any atom is -0.208 e. The second kappa shape index (κ2) is 14.1. The van der Waals surface area contributed by atoms with E-state index in [1.54, 1.807) is 0 Å². The molecule has 0 bridgehead atoms. The van der Waals surface area contributed by atoms with Gasteiger partial charge in [0.1, 0.15) is 0 Å². The maximum Gasteiger partial charge on any atom is 0.164 e. The topological polar surface area (TPSA) is 38.7 Å². The molecule has 3 nitrogen and oxygen atoms in total. The van der Waals surface area contributed by atoms with Crippen LogP contribution in [0.3, 0.4) is 0 Å². The normalized spacial score (nSPS) is 11.4. The van der Waals surface area contributed by atoms with Crippen LogP contribution in [0, 0.1) is 0 Å². The highest BCUT2D eigenvalue weighted by molar-refractivity contribution is 6.25. The Labute approximate surface area is 336 Å². The molecule has 0 spiro atoms. The number of hydrogen-bond acceptors (Lipinski definition) is 3. The van der Waals surface area contributed by atoms with E-state index >= 15 is 0 Å². The average molecular weight is 738 g/mol. The molecule has 1 aromatic heterocycles. The van der Waals surface area contributed by atoms with Crippen molar-refractivity contribution in [1.29, 1.82) is 0 Å². The summed E-state index contributed by atoms with van der Waals surface area (Å²) in [5, 5.41) is 9.60. The van der Waals surface area contributed by atoms with Gasteiger partial charge in [-0.25, -0.2) is 15.0 Å². The molecule has 1 heterocycles. The van der Waals surface area contributed by atoms with E-state index in [-0.39, 0.29) is 0 Å². The van der Waals surface area contributed by atoms with E-state index in [4.69, 9.17) is 15.0 Å². The van der Waals surface area contributed by atoms with Gasteiger partial charge in [0.15, 0.2) is 17.5 Å². The molecule has 0 saturated heterocycles. The van der Waals surface area contributed by atoms with Gasteiger partial charge in [-0.05, 0) is 82.5 Å². The van der Waals surface area contributed by atoms with Crippen LogP contribution in [0.4, 0.5) is 0 Å². The fourth-order valence-electron chi connectivity index (χ4n) is 8.74. The highest BCUT2D eigenvalue weighted by Gasteiger charge is 2.22. The number of aromatic nitrogens is 3. The van der Waals surface area contributed by atoms with Crippen molar-refractivity contribution < 1.29 is 0 Å². The molecular formula is C55H35N3. The summed E-state index contributed by atoms with van der Waals surface area (Å²) in [5.41, 5.74) is 9.93. The van der Waals surface area contributed by atoms with Crippen molar-refractivity contribution in [3.63, 3.8) is 0 Å². The molecule has 11 aromatic rings. The lowest BCUT2D eigenvalue weighted by atomic mass is 9.83. The molecule has 11 rings (SSSR count). The largest absolute Gasteiger partial charge is 0.208 e. The van der Waals surface area contributed by atoms with E-state index in [1.807, 2.05) is 24.3 Å². The van der Waals surface area contributed by atoms with Crippen LogP contribution in [0.2, 0.25) is 0 Å². The van der Waals surface area contributed by atoms with Crippen LogP contribution in [0.5, 0.6) is 0 Å². The van der Waals surface area contributed by atoms with E-state index in [1.165, 1.54) is 54.6 Å². The summed E-state index contributed by atoms with van der Waals surface area (Å²) in [6.07, 6.45) is 0.